The smallest absolute Gasteiger partial charge is 0.295 e. The normalized spacial score (nSPS) is 18.0. The molecule has 1 atom stereocenters. The summed E-state index contributed by atoms with van der Waals surface area (Å²) in [4.78, 5) is 27.3. The highest BCUT2D eigenvalue weighted by Crippen LogP contribution is 2.40. The van der Waals surface area contributed by atoms with Gasteiger partial charge in [0.1, 0.15) is 17.3 Å². The minimum Gasteiger partial charge on any atom is -0.507 e. The highest BCUT2D eigenvalue weighted by Gasteiger charge is 2.45. The molecule has 6 heteroatoms. The van der Waals surface area contributed by atoms with Gasteiger partial charge in [-0.2, -0.15) is 0 Å². The number of carbonyl (C=O) groups excluding carboxylic acids is 2. The Hall–Kier alpha value is -3.28. The number of ketones is 1. The van der Waals surface area contributed by atoms with E-state index >= 15 is 0 Å². The molecule has 2 aromatic rings. The van der Waals surface area contributed by atoms with Gasteiger partial charge in [0.15, 0.2) is 0 Å². The molecule has 1 saturated heterocycles. The summed E-state index contributed by atoms with van der Waals surface area (Å²) in [6.07, 6.45) is 1.65. The van der Waals surface area contributed by atoms with E-state index in [1.54, 1.807) is 29.2 Å². The van der Waals surface area contributed by atoms with Crippen LogP contribution in [0.2, 0.25) is 0 Å². The number of likely N-dealkylation sites (tertiary alicyclic amines) is 1. The Morgan fingerprint density at radius 3 is 2.43 bits per heavy atom. The number of hydrogen-bond acceptors (Lipinski definition) is 5. The Morgan fingerprint density at radius 2 is 1.80 bits per heavy atom. The van der Waals surface area contributed by atoms with Crippen LogP contribution in [0.3, 0.4) is 0 Å². The van der Waals surface area contributed by atoms with Gasteiger partial charge in [-0.15, -0.1) is 0 Å². The first kappa shape index (κ1) is 21.4. The van der Waals surface area contributed by atoms with Crippen LogP contribution >= 0.6 is 0 Å². The lowest BCUT2D eigenvalue weighted by Crippen LogP contribution is -2.30. The lowest BCUT2D eigenvalue weighted by Gasteiger charge is -2.25. The number of amides is 1. The molecule has 0 spiro atoms. The van der Waals surface area contributed by atoms with Crippen molar-refractivity contribution in [3.8, 4) is 11.5 Å². The fourth-order valence-corrected chi connectivity index (χ4v) is 3.62. The summed E-state index contributed by atoms with van der Waals surface area (Å²) in [6.45, 7) is 4.92. The number of unbranched alkanes of at least 4 members (excludes halogenated alkanes) is 1. The van der Waals surface area contributed by atoms with Gasteiger partial charge in [0.25, 0.3) is 11.7 Å². The molecule has 2 aromatic carbocycles. The first-order valence-electron chi connectivity index (χ1n) is 10.2. The van der Waals surface area contributed by atoms with Gasteiger partial charge in [-0.25, -0.2) is 0 Å². The standard InChI is InChI=1S/C24H27NO5/c1-4-6-14-25-21(16-10-12-18(13-11-16)30-5-2)20(23(27)24(25)28)22(26)17-8-7-9-19(15-17)29-3/h7-13,15,21,26H,4-6,14H2,1-3H3/b22-20-. The number of ether oxygens (including phenoxy) is 2. The molecule has 1 heterocycles. The third-order valence-electron chi connectivity index (χ3n) is 5.14. The molecule has 1 N–H and O–H groups in total. The summed E-state index contributed by atoms with van der Waals surface area (Å²) in [5.41, 5.74) is 1.27. The van der Waals surface area contributed by atoms with Gasteiger partial charge in [-0.05, 0) is 43.2 Å². The molecule has 1 unspecified atom stereocenters. The van der Waals surface area contributed by atoms with Crippen molar-refractivity contribution >= 4 is 17.4 Å². The van der Waals surface area contributed by atoms with Crippen molar-refractivity contribution in [2.24, 2.45) is 0 Å². The van der Waals surface area contributed by atoms with Crippen molar-refractivity contribution in [3.63, 3.8) is 0 Å². The number of hydrogen-bond donors (Lipinski definition) is 1. The molecule has 0 bridgehead atoms. The Kier molecular flexibility index (Phi) is 6.77. The summed E-state index contributed by atoms with van der Waals surface area (Å²) < 4.78 is 10.7. The van der Waals surface area contributed by atoms with Crippen LogP contribution in [0.25, 0.3) is 5.76 Å². The van der Waals surface area contributed by atoms with Crippen LogP contribution in [0.5, 0.6) is 11.5 Å². The molecule has 1 amide bonds. The van der Waals surface area contributed by atoms with Gasteiger partial charge in [0.2, 0.25) is 0 Å². The molecule has 0 saturated carbocycles. The maximum absolute atomic E-state index is 12.9. The van der Waals surface area contributed by atoms with Crippen molar-refractivity contribution in [2.75, 3.05) is 20.3 Å². The minimum atomic E-state index is -0.676. The fourth-order valence-electron chi connectivity index (χ4n) is 3.62. The molecule has 0 radical (unpaired) electrons. The zero-order chi connectivity index (χ0) is 21.7. The molecule has 0 aliphatic carbocycles. The second-order valence-corrected chi connectivity index (χ2v) is 7.08. The Balaban J connectivity index is 2.12. The Bertz CT molecular complexity index is 948. The monoisotopic (exact) mass is 409 g/mol. The highest BCUT2D eigenvalue weighted by atomic mass is 16.5. The van der Waals surface area contributed by atoms with E-state index in [4.69, 9.17) is 9.47 Å². The van der Waals surface area contributed by atoms with E-state index in [2.05, 4.69) is 0 Å². The van der Waals surface area contributed by atoms with Crippen molar-refractivity contribution < 1.29 is 24.2 Å². The van der Waals surface area contributed by atoms with Crippen molar-refractivity contribution in [1.29, 1.82) is 0 Å². The van der Waals surface area contributed by atoms with E-state index in [0.717, 1.165) is 18.4 Å². The van der Waals surface area contributed by atoms with Crippen LogP contribution in [0.4, 0.5) is 0 Å². The molecule has 6 nitrogen and oxygen atoms in total. The van der Waals surface area contributed by atoms with Crippen LogP contribution in [0.15, 0.2) is 54.1 Å². The zero-order valence-corrected chi connectivity index (χ0v) is 17.6. The molecule has 0 aromatic heterocycles. The lowest BCUT2D eigenvalue weighted by molar-refractivity contribution is -0.139. The van der Waals surface area contributed by atoms with E-state index in [-0.39, 0.29) is 11.3 Å². The number of methoxy groups -OCH3 is 1. The lowest BCUT2D eigenvalue weighted by atomic mass is 9.95. The summed E-state index contributed by atoms with van der Waals surface area (Å²) in [6, 6.07) is 13.4. The number of carbonyl (C=O) groups is 2. The molecule has 1 aliphatic rings. The largest absolute Gasteiger partial charge is 0.507 e. The predicted octanol–water partition coefficient (Wildman–Crippen LogP) is 4.32. The summed E-state index contributed by atoms with van der Waals surface area (Å²) in [5.74, 6) is -0.210. The SMILES string of the molecule is CCCCN1C(=O)C(=O)/C(=C(\O)c2cccc(OC)c2)C1c1ccc(OCC)cc1. The molecule has 3 rings (SSSR count). The van der Waals surface area contributed by atoms with Crippen LogP contribution in [0.1, 0.15) is 43.9 Å². The molecular weight excluding hydrogens is 382 g/mol. The van der Waals surface area contributed by atoms with Gasteiger partial charge in [0.05, 0.1) is 25.3 Å². The zero-order valence-electron chi connectivity index (χ0n) is 17.6. The van der Waals surface area contributed by atoms with E-state index < -0.39 is 17.7 Å². The maximum Gasteiger partial charge on any atom is 0.295 e. The van der Waals surface area contributed by atoms with Crippen LogP contribution in [0, 0.1) is 0 Å². The summed E-state index contributed by atoms with van der Waals surface area (Å²) in [5, 5.41) is 11.0. The number of nitrogens with zero attached hydrogens (tertiary/aromatic N) is 1. The average Bonchev–Trinajstić information content (AvgIpc) is 3.02. The average molecular weight is 409 g/mol. The first-order chi connectivity index (χ1) is 14.5. The van der Waals surface area contributed by atoms with Gasteiger partial charge in [-0.1, -0.05) is 37.6 Å². The number of aliphatic hydroxyl groups excluding tert-OH is 1. The van der Waals surface area contributed by atoms with E-state index in [0.29, 0.717) is 30.2 Å². The van der Waals surface area contributed by atoms with Crippen molar-refractivity contribution in [1.82, 2.24) is 4.90 Å². The van der Waals surface area contributed by atoms with E-state index in [9.17, 15) is 14.7 Å². The number of Topliss-reactive ketones (excluding diaryl/α,β-unsaturated/α-hetero) is 1. The molecule has 1 aliphatic heterocycles. The van der Waals surface area contributed by atoms with Crippen LogP contribution < -0.4 is 9.47 Å². The van der Waals surface area contributed by atoms with E-state index in [1.807, 2.05) is 38.1 Å². The Morgan fingerprint density at radius 1 is 1.07 bits per heavy atom. The Labute approximate surface area is 176 Å². The second-order valence-electron chi connectivity index (χ2n) is 7.08. The molecule has 1 fully saturated rings. The van der Waals surface area contributed by atoms with Crippen molar-refractivity contribution in [2.45, 2.75) is 32.7 Å². The van der Waals surface area contributed by atoms with Gasteiger partial charge < -0.3 is 19.5 Å². The van der Waals surface area contributed by atoms with Gasteiger partial charge in [-0.3, -0.25) is 9.59 Å². The van der Waals surface area contributed by atoms with Gasteiger partial charge in [0, 0.05) is 12.1 Å². The highest BCUT2D eigenvalue weighted by molar-refractivity contribution is 6.46. The number of benzene rings is 2. The number of aliphatic hydroxyl groups is 1. The topological polar surface area (TPSA) is 76.1 Å². The summed E-state index contributed by atoms with van der Waals surface area (Å²) >= 11 is 0. The van der Waals surface area contributed by atoms with E-state index in [1.165, 1.54) is 7.11 Å². The minimum absolute atomic E-state index is 0.0912. The third kappa shape index (κ3) is 4.17. The van der Waals surface area contributed by atoms with Crippen molar-refractivity contribution in [3.05, 3.63) is 65.2 Å². The van der Waals surface area contributed by atoms with Gasteiger partial charge >= 0.3 is 0 Å². The van der Waals surface area contributed by atoms with Crippen LogP contribution in [-0.4, -0.2) is 42.0 Å². The fraction of sp³-hybridized carbons (Fsp3) is 0.333. The number of rotatable bonds is 8. The molecular formula is C24H27NO5. The molecule has 158 valence electrons. The first-order valence-corrected chi connectivity index (χ1v) is 10.2. The predicted molar refractivity (Wildman–Crippen MR) is 115 cm³/mol. The molecule has 30 heavy (non-hydrogen) atoms. The second kappa shape index (κ2) is 9.48. The third-order valence-corrected chi connectivity index (χ3v) is 5.14. The maximum atomic E-state index is 12.9. The quantitative estimate of drug-likeness (QED) is 0.399. The summed E-state index contributed by atoms with van der Waals surface area (Å²) in [7, 11) is 1.53. The van der Waals surface area contributed by atoms with Crippen LogP contribution in [-0.2, 0) is 9.59 Å².